The Labute approximate surface area is 129 Å². The van der Waals surface area contributed by atoms with E-state index in [1.54, 1.807) is 18.1 Å². The van der Waals surface area contributed by atoms with E-state index in [1.165, 1.54) is 0 Å². The van der Waals surface area contributed by atoms with Gasteiger partial charge in [0.1, 0.15) is 11.4 Å². The Morgan fingerprint density at radius 2 is 1.95 bits per heavy atom. The summed E-state index contributed by atoms with van der Waals surface area (Å²) in [7, 11) is 0. The summed E-state index contributed by atoms with van der Waals surface area (Å²) in [5.74, 6) is 0. The minimum absolute atomic E-state index is 0.00475. The van der Waals surface area contributed by atoms with E-state index in [0.29, 0.717) is 0 Å². The predicted octanol–water partition coefficient (Wildman–Crippen LogP) is 4.04. The number of para-hydroxylation sites is 1. The standard InChI is InChI=1S/C15H11BrN2OS/c16-11-5-6-14(10(7-11)8-19)20-15-12-3-1-2-4-13(12)17-9-18-15/h1-7,9,19H,8H2. The largest absolute Gasteiger partial charge is 0.392 e. The van der Waals surface area contributed by atoms with Crippen molar-refractivity contribution in [2.24, 2.45) is 0 Å². The summed E-state index contributed by atoms with van der Waals surface area (Å²) in [6.07, 6.45) is 1.57. The van der Waals surface area contributed by atoms with Crippen LogP contribution in [0.15, 0.2) is 63.2 Å². The van der Waals surface area contributed by atoms with Gasteiger partial charge in [-0.25, -0.2) is 9.97 Å². The van der Waals surface area contributed by atoms with E-state index in [2.05, 4.69) is 25.9 Å². The Bertz CT molecular complexity index is 758. The second-order valence-corrected chi connectivity index (χ2v) is 6.15. The van der Waals surface area contributed by atoms with Crippen molar-refractivity contribution >= 4 is 38.6 Å². The van der Waals surface area contributed by atoms with Crippen LogP contribution in [0.3, 0.4) is 0 Å². The Morgan fingerprint density at radius 1 is 1.10 bits per heavy atom. The van der Waals surface area contributed by atoms with Crippen molar-refractivity contribution in [3.63, 3.8) is 0 Å². The van der Waals surface area contributed by atoms with Crippen LogP contribution in [-0.4, -0.2) is 15.1 Å². The van der Waals surface area contributed by atoms with Crippen molar-refractivity contribution in [2.75, 3.05) is 0 Å². The maximum atomic E-state index is 9.47. The van der Waals surface area contributed by atoms with E-state index in [4.69, 9.17) is 0 Å². The molecule has 0 aliphatic carbocycles. The van der Waals surface area contributed by atoms with Gasteiger partial charge in [0.25, 0.3) is 0 Å². The first-order valence-electron chi connectivity index (χ1n) is 6.05. The van der Waals surface area contributed by atoms with Crippen molar-refractivity contribution in [1.29, 1.82) is 0 Å². The summed E-state index contributed by atoms with van der Waals surface area (Å²) in [4.78, 5) is 9.62. The van der Waals surface area contributed by atoms with Crippen molar-refractivity contribution < 1.29 is 5.11 Å². The Hall–Kier alpha value is -1.43. The number of aliphatic hydroxyl groups excluding tert-OH is 1. The monoisotopic (exact) mass is 346 g/mol. The molecule has 0 spiro atoms. The highest BCUT2D eigenvalue weighted by molar-refractivity contribution is 9.10. The van der Waals surface area contributed by atoms with Gasteiger partial charge in [0.15, 0.2) is 0 Å². The summed E-state index contributed by atoms with van der Waals surface area (Å²) in [5, 5.41) is 11.4. The van der Waals surface area contributed by atoms with Gasteiger partial charge in [-0.15, -0.1) is 0 Å². The zero-order valence-electron chi connectivity index (χ0n) is 10.5. The molecule has 5 heteroatoms. The van der Waals surface area contributed by atoms with E-state index >= 15 is 0 Å². The van der Waals surface area contributed by atoms with Crippen LogP contribution >= 0.6 is 27.7 Å². The summed E-state index contributed by atoms with van der Waals surface area (Å²) < 4.78 is 0.957. The number of hydrogen-bond donors (Lipinski definition) is 1. The lowest BCUT2D eigenvalue weighted by atomic mass is 10.2. The number of fused-ring (bicyclic) bond motifs is 1. The third-order valence-corrected chi connectivity index (χ3v) is 4.54. The van der Waals surface area contributed by atoms with Crippen LogP contribution in [0, 0.1) is 0 Å². The van der Waals surface area contributed by atoms with Gasteiger partial charge in [-0.3, -0.25) is 0 Å². The van der Waals surface area contributed by atoms with Crippen LogP contribution in [0.2, 0.25) is 0 Å². The third kappa shape index (κ3) is 2.70. The number of aliphatic hydroxyl groups is 1. The molecular formula is C15H11BrN2OS. The molecular weight excluding hydrogens is 336 g/mol. The van der Waals surface area contributed by atoms with Crippen LogP contribution < -0.4 is 0 Å². The minimum Gasteiger partial charge on any atom is -0.392 e. The fourth-order valence-electron chi connectivity index (χ4n) is 1.94. The highest BCUT2D eigenvalue weighted by Crippen LogP contribution is 2.34. The molecule has 20 heavy (non-hydrogen) atoms. The van der Waals surface area contributed by atoms with Gasteiger partial charge in [0.05, 0.1) is 12.1 Å². The number of halogens is 1. The molecule has 3 aromatic rings. The molecule has 3 rings (SSSR count). The normalized spacial score (nSPS) is 10.9. The fraction of sp³-hybridized carbons (Fsp3) is 0.0667. The molecule has 0 bridgehead atoms. The molecule has 0 atom stereocenters. The molecule has 0 amide bonds. The van der Waals surface area contributed by atoms with Crippen molar-refractivity contribution in [2.45, 2.75) is 16.5 Å². The Kier molecular flexibility index (Phi) is 4.00. The molecule has 0 aliphatic rings. The van der Waals surface area contributed by atoms with Crippen molar-refractivity contribution in [3.05, 3.63) is 58.8 Å². The smallest absolute Gasteiger partial charge is 0.117 e. The molecule has 1 N–H and O–H groups in total. The molecule has 0 aliphatic heterocycles. The topological polar surface area (TPSA) is 46.0 Å². The van der Waals surface area contributed by atoms with E-state index in [9.17, 15) is 5.11 Å². The molecule has 1 aromatic heterocycles. The molecule has 100 valence electrons. The number of rotatable bonds is 3. The molecule has 0 saturated carbocycles. The lowest BCUT2D eigenvalue weighted by Crippen LogP contribution is -1.90. The zero-order chi connectivity index (χ0) is 13.9. The van der Waals surface area contributed by atoms with Crippen LogP contribution in [-0.2, 0) is 6.61 Å². The van der Waals surface area contributed by atoms with Gasteiger partial charge in [0, 0.05) is 14.8 Å². The second-order valence-electron chi connectivity index (χ2n) is 4.21. The number of hydrogen-bond acceptors (Lipinski definition) is 4. The van der Waals surface area contributed by atoms with Gasteiger partial charge in [-0.05, 0) is 29.8 Å². The first-order chi connectivity index (χ1) is 9.78. The van der Waals surface area contributed by atoms with Crippen LogP contribution in [0.25, 0.3) is 10.9 Å². The van der Waals surface area contributed by atoms with Crippen LogP contribution in [0.1, 0.15) is 5.56 Å². The van der Waals surface area contributed by atoms with Crippen molar-refractivity contribution in [3.8, 4) is 0 Å². The quantitative estimate of drug-likeness (QED) is 0.727. The summed E-state index contributed by atoms with van der Waals surface area (Å²) in [6, 6.07) is 13.8. The fourth-order valence-corrected chi connectivity index (χ4v) is 3.33. The number of aromatic nitrogens is 2. The maximum absolute atomic E-state index is 9.47. The molecule has 0 radical (unpaired) electrons. The lowest BCUT2D eigenvalue weighted by molar-refractivity contribution is 0.279. The third-order valence-electron chi connectivity index (χ3n) is 2.91. The minimum atomic E-state index is 0.00475. The van der Waals surface area contributed by atoms with Crippen molar-refractivity contribution in [1.82, 2.24) is 9.97 Å². The van der Waals surface area contributed by atoms with E-state index in [-0.39, 0.29) is 6.61 Å². The van der Waals surface area contributed by atoms with Crippen LogP contribution in [0.5, 0.6) is 0 Å². The highest BCUT2D eigenvalue weighted by Gasteiger charge is 2.09. The first kappa shape index (κ1) is 13.5. The van der Waals surface area contributed by atoms with Gasteiger partial charge in [-0.1, -0.05) is 45.9 Å². The average Bonchev–Trinajstić information content (AvgIpc) is 2.49. The Morgan fingerprint density at radius 3 is 2.80 bits per heavy atom. The number of benzene rings is 2. The molecule has 1 heterocycles. The zero-order valence-corrected chi connectivity index (χ0v) is 12.9. The van der Waals surface area contributed by atoms with Gasteiger partial charge < -0.3 is 5.11 Å². The molecule has 2 aromatic carbocycles. The molecule has 3 nitrogen and oxygen atoms in total. The van der Waals surface area contributed by atoms with Gasteiger partial charge in [0.2, 0.25) is 0 Å². The SMILES string of the molecule is OCc1cc(Br)ccc1Sc1ncnc2ccccc12. The van der Waals surface area contributed by atoms with Gasteiger partial charge in [-0.2, -0.15) is 0 Å². The Balaban J connectivity index is 2.05. The highest BCUT2D eigenvalue weighted by atomic mass is 79.9. The molecule has 0 fully saturated rings. The molecule has 0 unspecified atom stereocenters. The maximum Gasteiger partial charge on any atom is 0.117 e. The first-order valence-corrected chi connectivity index (χ1v) is 7.66. The summed E-state index contributed by atoms with van der Waals surface area (Å²) in [6.45, 7) is 0.00475. The summed E-state index contributed by atoms with van der Waals surface area (Å²) in [5.41, 5.74) is 1.81. The van der Waals surface area contributed by atoms with E-state index < -0.39 is 0 Å². The van der Waals surface area contributed by atoms with Gasteiger partial charge >= 0.3 is 0 Å². The second kappa shape index (κ2) is 5.91. The predicted molar refractivity (Wildman–Crippen MR) is 83.7 cm³/mol. The van der Waals surface area contributed by atoms with Crippen LogP contribution in [0.4, 0.5) is 0 Å². The summed E-state index contributed by atoms with van der Waals surface area (Å²) >= 11 is 4.96. The lowest BCUT2D eigenvalue weighted by Gasteiger charge is -2.08. The molecule has 0 saturated heterocycles. The van der Waals surface area contributed by atoms with E-state index in [0.717, 1.165) is 30.9 Å². The average molecular weight is 347 g/mol. The van der Waals surface area contributed by atoms with E-state index in [1.807, 2.05) is 42.5 Å². The number of nitrogens with zero attached hydrogens (tertiary/aromatic N) is 2.